The topological polar surface area (TPSA) is 26.0 Å². The van der Waals surface area contributed by atoms with Gasteiger partial charge in [0, 0.05) is 6.04 Å². The molecule has 3 rings (SSSR count). The molecule has 2 N–H and O–H groups in total. The molecule has 2 aliphatic carbocycles. The minimum absolute atomic E-state index is 0.381. The van der Waals surface area contributed by atoms with E-state index >= 15 is 0 Å². The summed E-state index contributed by atoms with van der Waals surface area (Å²) >= 11 is 11.9. The van der Waals surface area contributed by atoms with Crippen molar-refractivity contribution in [3.63, 3.8) is 0 Å². The first-order valence-electron chi connectivity index (χ1n) is 5.81. The van der Waals surface area contributed by atoms with Gasteiger partial charge in [0.2, 0.25) is 0 Å². The number of fused-ring (bicyclic) bond motifs is 1. The smallest absolute Gasteiger partial charge is 0.0595 e. The molecule has 0 saturated heterocycles. The average Bonchev–Trinajstić information content (AvgIpc) is 2.87. The van der Waals surface area contributed by atoms with E-state index in [2.05, 4.69) is 6.07 Å². The lowest BCUT2D eigenvalue weighted by Crippen LogP contribution is -2.30. The van der Waals surface area contributed by atoms with Crippen molar-refractivity contribution in [2.45, 2.75) is 31.7 Å². The first-order chi connectivity index (χ1) is 7.62. The lowest BCUT2D eigenvalue weighted by Gasteiger charge is -2.19. The summed E-state index contributed by atoms with van der Waals surface area (Å²) < 4.78 is 0. The maximum atomic E-state index is 6.21. The summed E-state index contributed by atoms with van der Waals surface area (Å²) in [6.45, 7) is 0. The molecule has 1 nitrogen and oxygen atoms in total. The highest BCUT2D eigenvalue weighted by Gasteiger charge is 2.60. The lowest BCUT2D eigenvalue weighted by molar-refractivity contribution is 0.415. The van der Waals surface area contributed by atoms with Crippen LogP contribution in [0.5, 0.6) is 0 Å². The van der Waals surface area contributed by atoms with Crippen molar-refractivity contribution in [1.82, 2.24) is 0 Å². The molecule has 1 aromatic carbocycles. The molecule has 0 radical (unpaired) electrons. The van der Waals surface area contributed by atoms with Gasteiger partial charge in [-0.05, 0) is 54.7 Å². The zero-order valence-electron chi connectivity index (χ0n) is 9.05. The van der Waals surface area contributed by atoms with E-state index in [1.807, 2.05) is 12.1 Å². The first kappa shape index (κ1) is 10.9. The van der Waals surface area contributed by atoms with Gasteiger partial charge in [-0.2, -0.15) is 0 Å². The van der Waals surface area contributed by atoms with Gasteiger partial charge in [0.05, 0.1) is 10.0 Å². The van der Waals surface area contributed by atoms with Crippen LogP contribution in [0.1, 0.15) is 24.8 Å². The molecular weight excluding hydrogens is 241 g/mol. The Morgan fingerprint density at radius 2 is 2.06 bits per heavy atom. The van der Waals surface area contributed by atoms with Crippen molar-refractivity contribution < 1.29 is 0 Å². The zero-order valence-corrected chi connectivity index (χ0v) is 10.6. The summed E-state index contributed by atoms with van der Waals surface area (Å²) in [6.07, 6.45) is 4.86. The first-order valence-corrected chi connectivity index (χ1v) is 6.57. The van der Waals surface area contributed by atoms with Crippen molar-refractivity contribution in [1.29, 1.82) is 0 Å². The minimum atomic E-state index is 0.381. The summed E-state index contributed by atoms with van der Waals surface area (Å²) in [5.41, 5.74) is 7.87. The third-order valence-corrected chi connectivity index (χ3v) is 5.10. The molecule has 0 spiro atoms. The van der Waals surface area contributed by atoms with Crippen LogP contribution in [0.15, 0.2) is 18.2 Å². The Bertz CT molecular complexity index is 432. The third-order valence-electron chi connectivity index (χ3n) is 4.36. The van der Waals surface area contributed by atoms with Gasteiger partial charge < -0.3 is 5.73 Å². The average molecular weight is 256 g/mol. The van der Waals surface area contributed by atoms with Crippen LogP contribution in [-0.4, -0.2) is 6.04 Å². The van der Waals surface area contributed by atoms with Crippen LogP contribution < -0.4 is 5.73 Å². The van der Waals surface area contributed by atoms with E-state index in [4.69, 9.17) is 28.9 Å². The van der Waals surface area contributed by atoms with Crippen LogP contribution in [0.3, 0.4) is 0 Å². The molecule has 0 aliphatic heterocycles. The number of benzene rings is 1. The Hall–Kier alpha value is -0.240. The van der Waals surface area contributed by atoms with Crippen molar-refractivity contribution in [3.8, 4) is 0 Å². The van der Waals surface area contributed by atoms with E-state index in [1.54, 1.807) is 0 Å². The van der Waals surface area contributed by atoms with Gasteiger partial charge in [0.1, 0.15) is 0 Å². The van der Waals surface area contributed by atoms with Crippen molar-refractivity contribution >= 4 is 23.2 Å². The Labute approximate surface area is 106 Å². The highest BCUT2D eigenvalue weighted by atomic mass is 35.5. The molecule has 86 valence electrons. The lowest BCUT2D eigenvalue weighted by atomic mass is 9.90. The van der Waals surface area contributed by atoms with Crippen LogP contribution in [0.25, 0.3) is 0 Å². The second kappa shape index (κ2) is 3.63. The molecule has 0 aromatic heterocycles. The molecule has 0 amide bonds. The third kappa shape index (κ3) is 1.57. The summed E-state index contributed by atoms with van der Waals surface area (Å²) in [6, 6.07) is 6.32. The molecule has 0 heterocycles. The van der Waals surface area contributed by atoms with Crippen molar-refractivity contribution in [2.24, 2.45) is 17.1 Å². The summed E-state index contributed by atoms with van der Waals surface area (Å²) in [5, 5.41) is 1.28. The maximum absolute atomic E-state index is 6.21. The fraction of sp³-hybridized carbons (Fsp3) is 0.538. The Balaban J connectivity index is 1.82. The van der Waals surface area contributed by atoms with Crippen LogP contribution >= 0.6 is 23.2 Å². The van der Waals surface area contributed by atoms with Gasteiger partial charge in [-0.15, -0.1) is 0 Å². The van der Waals surface area contributed by atoms with Crippen molar-refractivity contribution in [2.75, 3.05) is 0 Å². The van der Waals surface area contributed by atoms with Gasteiger partial charge in [0.15, 0.2) is 0 Å². The standard InChI is InChI=1S/C13H15Cl2N/c14-10-3-1-8(5-11(10)15)6-13-7-9(13)2-4-12(13)16/h1,3,5,9,12H,2,4,6-7,16H2. The molecular formula is C13H15Cl2N. The van der Waals surface area contributed by atoms with Gasteiger partial charge >= 0.3 is 0 Å². The number of hydrogen-bond donors (Lipinski definition) is 1. The van der Waals surface area contributed by atoms with Crippen LogP contribution in [0, 0.1) is 11.3 Å². The molecule has 2 aliphatic rings. The Morgan fingerprint density at radius 3 is 2.62 bits per heavy atom. The largest absolute Gasteiger partial charge is 0.327 e. The number of nitrogens with two attached hydrogens (primary N) is 1. The zero-order chi connectivity index (χ0) is 11.3. The highest BCUT2D eigenvalue weighted by Crippen LogP contribution is 2.64. The van der Waals surface area contributed by atoms with E-state index in [0.29, 0.717) is 21.5 Å². The van der Waals surface area contributed by atoms with Gasteiger partial charge in [-0.3, -0.25) is 0 Å². The second-order valence-electron chi connectivity index (χ2n) is 5.24. The van der Waals surface area contributed by atoms with Crippen LogP contribution in [0.2, 0.25) is 10.0 Å². The fourth-order valence-corrected chi connectivity index (χ4v) is 3.61. The number of hydrogen-bond acceptors (Lipinski definition) is 1. The van der Waals surface area contributed by atoms with Crippen LogP contribution in [0.4, 0.5) is 0 Å². The minimum Gasteiger partial charge on any atom is -0.327 e. The predicted molar refractivity (Wildman–Crippen MR) is 67.9 cm³/mol. The summed E-state index contributed by atoms with van der Waals surface area (Å²) in [5.74, 6) is 0.858. The molecule has 3 atom stereocenters. The molecule has 2 saturated carbocycles. The normalized spacial score (nSPS) is 36.2. The van der Waals surface area contributed by atoms with Gasteiger partial charge in [-0.1, -0.05) is 29.3 Å². The van der Waals surface area contributed by atoms with E-state index in [9.17, 15) is 0 Å². The molecule has 3 unspecified atom stereocenters. The quantitative estimate of drug-likeness (QED) is 0.858. The van der Waals surface area contributed by atoms with Crippen molar-refractivity contribution in [3.05, 3.63) is 33.8 Å². The monoisotopic (exact) mass is 255 g/mol. The fourth-order valence-electron chi connectivity index (χ4n) is 3.29. The number of rotatable bonds is 2. The van der Waals surface area contributed by atoms with E-state index in [1.165, 1.54) is 24.8 Å². The van der Waals surface area contributed by atoms with E-state index in [-0.39, 0.29) is 0 Å². The Kier molecular flexibility index (Phi) is 2.47. The molecule has 2 fully saturated rings. The Morgan fingerprint density at radius 1 is 1.25 bits per heavy atom. The molecule has 1 aromatic rings. The second-order valence-corrected chi connectivity index (χ2v) is 6.06. The summed E-state index contributed by atoms with van der Waals surface area (Å²) in [7, 11) is 0. The molecule has 3 heteroatoms. The van der Waals surface area contributed by atoms with Gasteiger partial charge in [-0.25, -0.2) is 0 Å². The molecule has 16 heavy (non-hydrogen) atoms. The van der Waals surface area contributed by atoms with Crippen LogP contribution in [-0.2, 0) is 6.42 Å². The highest BCUT2D eigenvalue weighted by molar-refractivity contribution is 6.42. The van der Waals surface area contributed by atoms with E-state index < -0.39 is 0 Å². The molecule has 0 bridgehead atoms. The van der Waals surface area contributed by atoms with E-state index in [0.717, 1.165) is 12.3 Å². The number of halogens is 2. The summed E-state index contributed by atoms with van der Waals surface area (Å²) in [4.78, 5) is 0. The SMILES string of the molecule is NC1CCC2CC12Cc1ccc(Cl)c(Cl)c1. The maximum Gasteiger partial charge on any atom is 0.0595 e. The van der Waals surface area contributed by atoms with Gasteiger partial charge in [0.25, 0.3) is 0 Å². The predicted octanol–water partition coefficient (Wildman–Crippen LogP) is 3.66.